The van der Waals surface area contributed by atoms with Gasteiger partial charge >= 0.3 is 12.1 Å². The van der Waals surface area contributed by atoms with Gasteiger partial charge in [-0.3, -0.25) is 35.4 Å². The molecule has 4 rings (SSSR count). The third-order valence-electron chi connectivity index (χ3n) is 5.06. The predicted octanol–water partition coefficient (Wildman–Crippen LogP) is 4.41. The number of nitrogens with zero attached hydrogens (tertiary/aromatic N) is 4. The largest absolute Gasteiger partial charge is 0.417 e. The lowest BCUT2D eigenvalue weighted by Gasteiger charge is -2.19. The standard InChI is InChI=1S/C23H18N6O7/c30-22(25-16-3-7-18(8-4-16)28(32)33)27-14-13-24-21(27)15-1-11-20(12-2-15)36-23(31)26-17-5-9-19(10-6-17)29(34)35/h1-12H,13-14H2,(H,25,30)(H,26,31). The van der Waals surface area contributed by atoms with Gasteiger partial charge in [0.05, 0.1) is 16.4 Å². The zero-order chi connectivity index (χ0) is 25.7. The van der Waals surface area contributed by atoms with Gasteiger partial charge in [-0.1, -0.05) is 0 Å². The van der Waals surface area contributed by atoms with Crippen LogP contribution in [0.15, 0.2) is 77.8 Å². The first-order valence-corrected chi connectivity index (χ1v) is 10.5. The van der Waals surface area contributed by atoms with Crippen LogP contribution in [0, 0.1) is 20.2 Å². The molecule has 0 fully saturated rings. The number of nitro benzene ring substituents is 2. The first-order valence-electron chi connectivity index (χ1n) is 10.5. The number of amidine groups is 1. The maximum atomic E-state index is 12.7. The van der Waals surface area contributed by atoms with Crippen molar-refractivity contribution in [3.63, 3.8) is 0 Å². The van der Waals surface area contributed by atoms with Crippen LogP contribution in [-0.4, -0.2) is 45.8 Å². The normalized spacial score (nSPS) is 12.4. The monoisotopic (exact) mass is 490 g/mol. The number of carbonyl (C=O) groups is 2. The third kappa shape index (κ3) is 5.59. The molecule has 0 aromatic heterocycles. The smallest absolute Gasteiger partial charge is 0.410 e. The summed E-state index contributed by atoms with van der Waals surface area (Å²) in [6.07, 6.45) is -0.779. The van der Waals surface area contributed by atoms with Crippen molar-refractivity contribution in [1.29, 1.82) is 0 Å². The molecule has 0 aliphatic carbocycles. The van der Waals surface area contributed by atoms with Crippen LogP contribution in [0.4, 0.5) is 32.3 Å². The molecule has 182 valence electrons. The summed E-state index contributed by atoms with van der Waals surface area (Å²) in [4.78, 5) is 51.1. The van der Waals surface area contributed by atoms with Gasteiger partial charge in [-0.05, 0) is 48.5 Å². The van der Waals surface area contributed by atoms with Gasteiger partial charge in [0, 0.05) is 47.7 Å². The van der Waals surface area contributed by atoms with Crippen LogP contribution in [0.1, 0.15) is 5.56 Å². The molecule has 3 aromatic rings. The summed E-state index contributed by atoms with van der Waals surface area (Å²) in [5, 5.41) is 26.7. The Kier molecular flexibility index (Phi) is 6.81. The fourth-order valence-corrected chi connectivity index (χ4v) is 3.34. The summed E-state index contributed by atoms with van der Waals surface area (Å²) in [5.41, 5.74) is 1.17. The zero-order valence-corrected chi connectivity index (χ0v) is 18.5. The minimum atomic E-state index is -0.779. The number of rotatable bonds is 6. The molecule has 2 N–H and O–H groups in total. The van der Waals surface area contributed by atoms with Crippen LogP contribution in [0.25, 0.3) is 0 Å². The summed E-state index contributed by atoms with van der Waals surface area (Å²) in [7, 11) is 0. The number of carbonyl (C=O) groups excluding carboxylic acids is 2. The molecule has 13 heteroatoms. The molecule has 1 aliphatic heterocycles. The molecule has 13 nitrogen and oxygen atoms in total. The van der Waals surface area contributed by atoms with E-state index in [2.05, 4.69) is 15.6 Å². The molecule has 0 saturated carbocycles. The lowest BCUT2D eigenvalue weighted by molar-refractivity contribution is -0.385. The van der Waals surface area contributed by atoms with Gasteiger partial charge in [-0.15, -0.1) is 0 Å². The molecule has 0 bridgehead atoms. The Morgan fingerprint density at radius 3 is 1.86 bits per heavy atom. The van der Waals surface area contributed by atoms with E-state index < -0.39 is 22.0 Å². The zero-order valence-electron chi connectivity index (χ0n) is 18.5. The second kappa shape index (κ2) is 10.3. The van der Waals surface area contributed by atoms with Crippen molar-refractivity contribution >= 4 is 40.7 Å². The van der Waals surface area contributed by atoms with Crippen molar-refractivity contribution < 1.29 is 24.2 Å². The maximum Gasteiger partial charge on any atom is 0.417 e. The molecule has 0 atom stereocenters. The van der Waals surface area contributed by atoms with E-state index in [1.807, 2.05) is 0 Å². The Hall–Kier alpha value is -5.33. The molecular formula is C23H18N6O7. The average Bonchev–Trinajstić information content (AvgIpc) is 3.35. The number of nitro groups is 2. The van der Waals surface area contributed by atoms with Crippen molar-refractivity contribution in [2.45, 2.75) is 0 Å². The maximum absolute atomic E-state index is 12.7. The second-order valence-corrected chi connectivity index (χ2v) is 7.43. The third-order valence-corrected chi connectivity index (χ3v) is 5.06. The summed E-state index contributed by atoms with van der Waals surface area (Å²) >= 11 is 0. The van der Waals surface area contributed by atoms with E-state index in [9.17, 15) is 29.8 Å². The van der Waals surface area contributed by atoms with E-state index in [1.54, 1.807) is 12.1 Å². The minimum Gasteiger partial charge on any atom is -0.410 e. The SMILES string of the molecule is O=C(Nc1ccc([N+](=O)[O-])cc1)Oc1ccc(C2=NCCN2C(=O)Nc2ccc([N+](=O)[O-])cc2)cc1. The van der Waals surface area contributed by atoms with Crippen LogP contribution in [-0.2, 0) is 0 Å². The number of benzene rings is 3. The van der Waals surface area contributed by atoms with Gasteiger partial charge in [0.15, 0.2) is 0 Å². The number of amides is 3. The molecule has 36 heavy (non-hydrogen) atoms. The van der Waals surface area contributed by atoms with E-state index in [0.717, 1.165) is 0 Å². The molecule has 0 spiro atoms. The summed E-state index contributed by atoms with van der Waals surface area (Å²) < 4.78 is 5.23. The number of urea groups is 1. The molecule has 0 unspecified atom stereocenters. The summed E-state index contributed by atoms with van der Waals surface area (Å²) in [6.45, 7) is 0.753. The number of ether oxygens (including phenoxy) is 1. The Morgan fingerprint density at radius 1 is 0.806 bits per heavy atom. The number of aliphatic imine (C=N–C) groups is 1. The van der Waals surface area contributed by atoms with Crippen molar-refractivity contribution in [1.82, 2.24) is 4.90 Å². The lowest BCUT2D eigenvalue weighted by Crippen LogP contribution is -2.38. The van der Waals surface area contributed by atoms with Gasteiger partial charge in [0.25, 0.3) is 11.4 Å². The van der Waals surface area contributed by atoms with Crippen LogP contribution in [0.2, 0.25) is 0 Å². The first-order chi connectivity index (χ1) is 17.3. The topological polar surface area (TPSA) is 169 Å². The summed E-state index contributed by atoms with van der Waals surface area (Å²) in [5.74, 6) is 0.662. The Labute approximate surface area is 203 Å². The van der Waals surface area contributed by atoms with E-state index in [1.165, 1.54) is 65.6 Å². The van der Waals surface area contributed by atoms with E-state index in [4.69, 9.17) is 4.74 Å². The van der Waals surface area contributed by atoms with Crippen molar-refractivity contribution in [2.75, 3.05) is 23.7 Å². The Bertz CT molecular complexity index is 1340. The van der Waals surface area contributed by atoms with Gasteiger partial charge in [0.2, 0.25) is 0 Å². The lowest BCUT2D eigenvalue weighted by atomic mass is 10.2. The number of anilines is 2. The highest BCUT2D eigenvalue weighted by atomic mass is 16.6. The molecular weight excluding hydrogens is 472 g/mol. The predicted molar refractivity (Wildman–Crippen MR) is 129 cm³/mol. The van der Waals surface area contributed by atoms with Gasteiger partial charge < -0.3 is 10.1 Å². The number of nitrogens with one attached hydrogen (secondary N) is 2. The van der Waals surface area contributed by atoms with E-state index in [0.29, 0.717) is 35.9 Å². The molecule has 0 radical (unpaired) electrons. The quantitative estimate of drug-likeness (QED) is 0.381. The van der Waals surface area contributed by atoms with Crippen molar-refractivity contribution in [3.8, 4) is 5.75 Å². The highest BCUT2D eigenvalue weighted by Gasteiger charge is 2.25. The van der Waals surface area contributed by atoms with Crippen LogP contribution in [0.5, 0.6) is 5.75 Å². The van der Waals surface area contributed by atoms with Gasteiger partial charge in [-0.2, -0.15) is 0 Å². The first kappa shape index (κ1) is 23.8. The molecule has 3 aromatic carbocycles. The molecule has 1 heterocycles. The summed E-state index contributed by atoms with van der Waals surface area (Å²) in [6, 6.07) is 16.7. The second-order valence-electron chi connectivity index (χ2n) is 7.43. The molecule has 0 saturated heterocycles. The van der Waals surface area contributed by atoms with Crippen LogP contribution in [0.3, 0.4) is 0 Å². The van der Waals surface area contributed by atoms with Gasteiger partial charge in [-0.25, -0.2) is 9.59 Å². The molecule has 1 aliphatic rings. The van der Waals surface area contributed by atoms with Crippen LogP contribution >= 0.6 is 0 Å². The van der Waals surface area contributed by atoms with E-state index in [-0.39, 0.29) is 17.1 Å². The fourth-order valence-electron chi connectivity index (χ4n) is 3.34. The fraction of sp³-hybridized carbons (Fsp3) is 0.0870. The Morgan fingerprint density at radius 2 is 1.33 bits per heavy atom. The minimum absolute atomic E-state index is 0.0832. The van der Waals surface area contributed by atoms with Gasteiger partial charge in [0.1, 0.15) is 11.6 Å². The average molecular weight is 490 g/mol. The van der Waals surface area contributed by atoms with E-state index >= 15 is 0 Å². The number of hydrogen-bond donors (Lipinski definition) is 2. The highest BCUT2D eigenvalue weighted by Crippen LogP contribution is 2.20. The number of hydrogen-bond acceptors (Lipinski definition) is 8. The Balaban J connectivity index is 1.36. The highest BCUT2D eigenvalue weighted by molar-refractivity contribution is 6.11. The number of non-ortho nitro benzene ring substituents is 2. The van der Waals surface area contributed by atoms with Crippen LogP contribution < -0.4 is 15.4 Å². The molecule has 3 amide bonds. The van der Waals surface area contributed by atoms with Crippen molar-refractivity contribution in [2.24, 2.45) is 4.99 Å². The van der Waals surface area contributed by atoms with Crippen molar-refractivity contribution in [3.05, 3.63) is 98.6 Å².